The van der Waals surface area contributed by atoms with E-state index in [0.29, 0.717) is 31.0 Å². The number of amides is 1. The third-order valence-corrected chi connectivity index (χ3v) is 2.48. The summed E-state index contributed by atoms with van der Waals surface area (Å²) in [7, 11) is 0. The van der Waals surface area contributed by atoms with Crippen LogP contribution < -0.4 is 0 Å². The fraction of sp³-hybridized carbons (Fsp3) is 0.500. The number of morpholine rings is 1. The Bertz CT molecular complexity index is 435. The number of carbonyl (C=O) groups excluding carboxylic acids is 1. The number of rotatable bonds is 1. The molecule has 1 aromatic heterocycles. The molecule has 0 bridgehead atoms. The predicted octanol–water partition coefficient (Wildman–Crippen LogP) is 0.348. The molecule has 6 nitrogen and oxygen atoms in total. The number of carbonyl (C=O) groups is 1. The lowest BCUT2D eigenvalue weighted by molar-refractivity contribution is 0.00339. The summed E-state index contributed by atoms with van der Waals surface area (Å²) in [5.41, 5.74) is 0.443. The Hall–Kier alpha value is -1.87. The van der Waals surface area contributed by atoms with E-state index < -0.39 is 6.10 Å². The molecule has 0 saturated carbocycles. The Morgan fingerprint density at radius 1 is 1.75 bits per heavy atom. The number of hydrogen-bond donors (Lipinski definition) is 0. The van der Waals surface area contributed by atoms with Crippen molar-refractivity contribution < 1.29 is 14.1 Å². The van der Waals surface area contributed by atoms with Crippen molar-refractivity contribution in [3.8, 4) is 6.07 Å². The van der Waals surface area contributed by atoms with Crippen LogP contribution in [0.5, 0.6) is 0 Å². The van der Waals surface area contributed by atoms with E-state index in [1.54, 1.807) is 11.8 Å². The maximum atomic E-state index is 12.0. The largest absolute Gasteiger partial charge is 0.361 e. The van der Waals surface area contributed by atoms with E-state index in [9.17, 15) is 4.79 Å². The molecule has 1 saturated heterocycles. The molecule has 16 heavy (non-hydrogen) atoms. The van der Waals surface area contributed by atoms with Crippen LogP contribution in [-0.2, 0) is 4.74 Å². The van der Waals surface area contributed by atoms with Gasteiger partial charge in [0, 0.05) is 6.54 Å². The van der Waals surface area contributed by atoms with Crippen molar-refractivity contribution in [1.82, 2.24) is 10.1 Å². The highest BCUT2D eigenvalue weighted by Crippen LogP contribution is 2.13. The average Bonchev–Trinajstić information content (AvgIpc) is 2.74. The first kappa shape index (κ1) is 10.6. The monoisotopic (exact) mass is 221 g/mol. The van der Waals surface area contributed by atoms with Crippen LogP contribution in [0.15, 0.2) is 10.7 Å². The predicted molar refractivity (Wildman–Crippen MR) is 52.5 cm³/mol. The molecule has 6 heteroatoms. The molecule has 1 atom stereocenters. The van der Waals surface area contributed by atoms with Gasteiger partial charge in [-0.2, -0.15) is 5.26 Å². The summed E-state index contributed by atoms with van der Waals surface area (Å²) < 4.78 is 10.00. The van der Waals surface area contributed by atoms with E-state index in [-0.39, 0.29) is 5.91 Å². The molecule has 1 fully saturated rings. The van der Waals surface area contributed by atoms with E-state index >= 15 is 0 Å². The summed E-state index contributed by atoms with van der Waals surface area (Å²) in [5.74, 6) is 0.326. The van der Waals surface area contributed by atoms with Crippen LogP contribution in [-0.4, -0.2) is 41.8 Å². The third-order valence-electron chi connectivity index (χ3n) is 2.48. The highest BCUT2D eigenvalue weighted by atomic mass is 16.5. The van der Waals surface area contributed by atoms with Gasteiger partial charge in [0.05, 0.1) is 25.4 Å². The van der Waals surface area contributed by atoms with Crippen molar-refractivity contribution in [2.45, 2.75) is 13.0 Å². The Morgan fingerprint density at radius 3 is 3.19 bits per heavy atom. The van der Waals surface area contributed by atoms with Gasteiger partial charge in [-0.15, -0.1) is 0 Å². The van der Waals surface area contributed by atoms with Crippen LogP contribution in [0.2, 0.25) is 0 Å². The molecule has 1 aromatic rings. The van der Waals surface area contributed by atoms with E-state index in [4.69, 9.17) is 14.5 Å². The SMILES string of the molecule is Cc1oncc1C(=O)N1CCOC(C#N)C1. The molecule has 1 unspecified atom stereocenters. The lowest BCUT2D eigenvalue weighted by Gasteiger charge is -2.29. The number of nitriles is 1. The van der Waals surface area contributed by atoms with Gasteiger partial charge in [-0.1, -0.05) is 5.16 Å². The van der Waals surface area contributed by atoms with Crippen molar-refractivity contribution >= 4 is 5.91 Å². The van der Waals surface area contributed by atoms with Gasteiger partial charge in [0.25, 0.3) is 5.91 Å². The van der Waals surface area contributed by atoms with Gasteiger partial charge in [0.15, 0.2) is 6.10 Å². The fourth-order valence-corrected chi connectivity index (χ4v) is 1.59. The molecule has 0 aromatic carbocycles. The molecule has 0 N–H and O–H groups in total. The van der Waals surface area contributed by atoms with Crippen LogP contribution in [0.25, 0.3) is 0 Å². The minimum absolute atomic E-state index is 0.165. The summed E-state index contributed by atoms with van der Waals surface area (Å²) in [6, 6.07) is 1.99. The molecule has 84 valence electrons. The molecule has 1 amide bonds. The molecule has 2 heterocycles. The van der Waals surface area contributed by atoms with Gasteiger partial charge < -0.3 is 14.2 Å². The van der Waals surface area contributed by atoms with Gasteiger partial charge >= 0.3 is 0 Å². The summed E-state index contributed by atoms with van der Waals surface area (Å²) in [4.78, 5) is 13.6. The van der Waals surface area contributed by atoms with Crippen LogP contribution >= 0.6 is 0 Å². The zero-order valence-corrected chi connectivity index (χ0v) is 8.84. The highest BCUT2D eigenvalue weighted by Gasteiger charge is 2.26. The summed E-state index contributed by atoms with van der Waals surface area (Å²) >= 11 is 0. The van der Waals surface area contributed by atoms with Gasteiger partial charge in [0.1, 0.15) is 11.3 Å². The Balaban J connectivity index is 2.11. The number of ether oxygens (including phenoxy) is 1. The number of nitrogens with zero attached hydrogens (tertiary/aromatic N) is 3. The zero-order valence-electron chi connectivity index (χ0n) is 8.84. The average molecular weight is 221 g/mol. The number of aromatic nitrogens is 1. The van der Waals surface area contributed by atoms with E-state index in [1.807, 2.05) is 6.07 Å². The third kappa shape index (κ3) is 1.90. The molecular formula is C10H11N3O3. The van der Waals surface area contributed by atoms with Gasteiger partial charge in [-0.3, -0.25) is 4.79 Å². The normalized spacial score (nSPS) is 20.5. The van der Waals surface area contributed by atoms with Gasteiger partial charge in [0.2, 0.25) is 0 Å². The van der Waals surface area contributed by atoms with Crippen LogP contribution in [0, 0.1) is 18.3 Å². The standard InChI is InChI=1S/C10H11N3O3/c1-7-9(5-12-16-7)10(14)13-2-3-15-8(4-11)6-13/h5,8H,2-3,6H2,1H3. The van der Waals surface area contributed by atoms with Crippen molar-refractivity contribution in [1.29, 1.82) is 5.26 Å². The second kappa shape index (κ2) is 4.33. The Morgan fingerprint density at radius 2 is 2.56 bits per heavy atom. The number of hydrogen-bond acceptors (Lipinski definition) is 5. The van der Waals surface area contributed by atoms with E-state index in [1.165, 1.54) is 6.20 Å². The highest BCUT2D eigenvalue weighted by molar-refractivity contribution is 5.94. The fourth-order valence-electron chi connectivity index (χ4n) is 1.59. The zero-order chi connectivity index (χ0) is 11.5. The molecule has 0 spiro atoms. The first-order valence-corrected chi connectivity index (χ1v) is 4.94. The first-order valence-electron chi connectivity index (χ1n) is 4.94. The maximum absolute atomic E-state index is 12.0. The molecule has 1 aliphatic rings. The quantitative estimate of drug-likeness (QED) is 0.683. The molecule has 0 radical (unpaired) electrons. The molecule has 2 rings (SSSR count). The Kier molecular flexibility index (Phi) is 2.88. The maximum Gasteiger partial charge on any atom is 0.259 e. The number of aryl methyl sites for hydroxylation is 1. The van der Waals surface area contributed by atoms with Crippen LogP contribution in [0.3, 0.4) is 0 Å². The topological polar surface area (TPSA) is 79.4 Å². The molecule has 1 aliphatic heterocycles. The summed E-state index contributed by atoms with van der Waals surface area (Å²) in [6.45, 7) is 2.85. The van der Waals surface area contributed by atoms with Crippen molar-refractivity contribution in [2.75, 3.05) is 19.7 Å². The van der Waals surface area contributed by atoms with Gasteiger partial charge in [-0.25, -0.2) is 0 Å². The lowest BCUT2D eigenvalue weighted by Crippen LogP contribution is -2.45. The van der Waals surface area contributed by atoms with E-state index in [2.05, 4.69) is 5.16 Å². The van der Waals surface area contributed by atoms with Crippen molar-refractivity contribution in [3.05, 3.63) is 17.5 Å². The van der Waals surface area contributed by atoms with Gasteiger partial charge in [-0.05, 0) is 6.92 Å². The molecule has 0 aliphatic carbocycles. The minimum Gasteiger partial charge on any atom is -0.361 e. The van der Waals surface area contributed by atoms with Crippen molar-refractivity contribution in [2.24, 2.45) is 0 Å². The minimum atomic E-state index is -0.544. The summed E-state index contributed by atoms with van der Waals surface area (Å²) in [6.07, 6.45) is 0.854. The first-order chi connectivity index (χ1) is 7.72. The lowest BCUT2D eigenvalue weighted by atomic mass is 10.2. The second-order valence-corrected chi connectivity index (χ2v) is 3.54. The molecular weight excluding hydrogens is 210 g/mol. The van der Waals surface area contributed by atoms with E-state index in [0.717, 1.165) is 0 Å². The van der Waals surface area contributed by atoms with Crippen LogP contribution in [0.4, 0.5) is 0 Å². The summed E-state index contributed by atoms with van der Waals surface area (Å²) in [5, 5.41) is 12.3. The smallest absolute Gasteiger partial charge is 0.259 e. The second-order valence-electron chi connectivity index (χ2n) is 3.54. The van der Waals surface area contributed by atoms with Crippen LogP contribution in [0.1, 0.15) is 16.1 Å². The van der Waals surface area contributed by atoms with Crippen molar-refractivity contribution in [3.63, 3.8) is 0 Å². The Labute approximate surface area is 92.4 Å².